The normalized spacial score (nSPS) is 26.4. The number of benzene rings is 1. The van der Waals surface area contributed by atoms with Crippen molar-refractivity contribution in [2.75, 3.05) is 25.1 Å². The molecule has 4 atom stereocenters. The molecule has 0 unspecified atom stereocenters. The van der Waals surface area contributed by atoms with Gasteiger partial charge < -0.3 is 19.7 Å². The molecule has 0 bridgehead atoms. The third-order valence-electron chi connectivity index (χ3n) is 6.36. The van der Waals surface area contributed by atoms with Gasteiger partial charge in [-0.15, -0.1) is 0 Å². The van der Waals surface area contributed by atoms with Crippen molar-refractivity contribution in [3.8, 4) is 5.75 Å². The molecule has 2 aliphatic rings. The van der Waals surface area contributed by atoms with Gasteiger partial charge >= 0.3 is 5.97 Å². The maximum absolute atomic E-state index is 12.5. The van der Waals surface area contributed by atoms with Gasteiger partial charge in [-0.2, -0.15) is 0 Å². The number of ether oxygens (including phenoxy) is 2. The Morgan fingerprint density at radius 3 is 2.73 bits per heavy atom. The van der Waals surface area contributed by atoms with E-state index in [-0.39, 0.29) is 25.0 Å². The van der Waals surface area contributed by atoms with Crippen LogP contribution in [0.25, 0.3) is 0 Å². The van der Waals surface area contributed by atoms with Crippen molar-refractivity contribution >= 4 is 23.5 Å². The van der Waals surface area contributed by atoms with Crippen molar-refractivity contribution in [2.45, 2.75) is 52.5 Å². The Labute approximate surface area is 178 Å². The van der Waals surface area contributed by atoms with E-state index in [9.17, 15) is 14.4 Å². The Morgan fingerprint density at radius 1 is 1.20 bits per heavy atom. The Morgan fingerprint density at radius 2 is 1.97 bits per heavy atom. The number of likely N-dealkylation sites (tertiary alicyclic amines) is 1. The molecule has 1 saturated carbocycles. The Bertz CT molecular complexity index is 781. The molecule has 164 valence electrons. The second-order valence-corrected chi connectivity index (χ2v) is 8.37. The second kappa shape index (κ2) is 9.96. The largest absolute Gasteiger partial charge is 0.492 e. The summed E-state index contributed by atoms with van der Waals surface area (Å²) in [6.07, 6.45) is 3.44. The molecule has 7 heteroatoms. The van der Waals surface area contributed by atoms with Gasteiger partial charge in [0.15, 0.2) is 6.61 Å². The number of nitrogens with zero attached hydrogens (tertiary/aromatic N) is 1. The molecule has 1 heterocycles. The molecular weight excluding hydrogens is 384 g/mol. The highest BCUT2D eigenvalue weighted by Gasteiger charge is 2.42. The number of rotatable bonds is 7. The molecule has 0 spiro atoms. The molecular formula is C23H32N2O5. The standard InChI is InChI=1S/C23H32N2O5/c1-4-29-20-11-6-5-9-18(20)24-21(26)14-30-23(28)17-12-22(27)25(13-17)19-10-7-8-15(2)16(19)3/h5-6,9,11,15-17,19H,4,7-8,10,12-14H2,1-3H3,(H,24,26)/t15-,16-,17+,19+/m0/s1. The molecule has 2 fully saturated rings. The van der Waals surface area contributed by atoms with Crippen molar-refractivity contribution in [2.24, 2.45) is 17.8 Å². The van der Waals surface area contributed by atoms with Gasteiger partial charge in [-0.3, -0.25) is 14.4 Å². The van der Waals surface area contributed by atoms with Gasteiger partial charge in [-0.1, -0.05) is 38.8 Å². The van der Waals surface area contributed by atoms with Crippen molar-refractivity contribution in [3.63, 3.8) is 0 Å². The van der Waals surface area contributed by atoms with E-state index < -0.39 is 17.8 Å². The van der Waals surface area contributed by atoms with Gasteiger partial charge in [0.25, 0.3) is 5.91 Å². The maximum Gasteiger partial charge on any atom is 0.311 e. The summed E-state index contributed by atoms with van der Waals surface area (Å²) >= 11 is 0. The topological polar surface area (TPSA) is 84.9 Å². The van der Waals surface area contributed by atoms with Gasteiger partial charge in [0.2, 0.25) is 5.91 Å². The number of anilines is 1. The summed E-state index contributed by atoms with van der Waals surface area (Å²) in [5.41, 5.74) is 0.531. The minimum atomic E-state index is -0.509. The number of amides is 2. The molecule has 1 saturated heterocycles. The summed E-state index contributed by atoms with van der Waals surface area (Å²) in [5.74, 6) is 0.137. The zero-order chi connectivity index (χ0) is 21.7. The molecule has 1 aromatic carbocycles. The van der Waals surface area contributed by atoms with Crippen LogP contribution in [0.5, 0.6) is 5.75 Å². The number of para-hydroxylation sites is 2. The predicted molar refractivity (Wildman–Crippen MR) is 113 cm³/mol. The summed E-state index contributed by atoms with van der Waals surface area (Å²) < 4.78 is 10.7. The molecule has 0 aromatic heterocycles. The third-order valence-corrected chi connectivity index (χ3v) is 6.36. The Kier molecular flexibility index (Phi) is 7.34. The monoisotopic (exact) mass is 416 g/mol. The van der Waals surface area contributed by atoms with Crippen molar-refractivity contribution in [1.82, 2.24) is 4.90 Å². The lowest BCUT2D eigenvalue weighted by molar-refractivity contribution is -0.151. The quantitative estimate of drug-likeness (QED) is 0.690. The van der Waals surface area contributed by atoms with E-state index in [1.54, 1.807) is 18.2 Å². The van der Waals surface area contributed by atoms with Crippen LogP contribution in [0, 0.1) is 17.8 Å². The average molecular weight is 417 g/mol. The van der Waals surface area contributed by atoms with Crippen LogP contribution >= 0.6 is 0 Å². The lowest BCUT2D eigenvalue weighted by Gasteiger charge is -2.39. The molecule has 1 aliphatic carbocycles. The smallest absolute Gasteiger partial charge is 0.311 e. The van der Waals surface area contributed by atoms with Gasteiger partial charge in [0, 0.05) is 19.0 Å². The number of hydrogen-bond acceptors (Lipinski definition) is 5. The van der Waals surface area contributed by atoms with E-state index in [4.69, 9.17) is 9.47 Å². The van der Waals surface area contributed by atoms with Crippen LogP contribution in [0.4, 0.5) is 5.69 Å². The van der Waals surface area contributed by atoms with E-state index in [2.05, 4.69) is 19.2 Å². The zero-order valence-corrected chi connectivity index (χ0v) is 18.1. The fourth-order valence-electron chi connectivity index (χ4n) is 4.50. The summed E-state index contributed by atoms with van der Waals surface area (Å²) in [6, 6.07) is 7.28. The molecule has 3 rings (SSSR count). The van der Waals surface area contributed by atoms with Crippen molar-refractivity contribution in [3.05, 3.63) is 24.3 Å². The Balaban J connectivity index is 1.51. The average Bonchev–Trinajstić information content (AvgIpc) is 3.11. The van der Waals surface area contributed by atoms with E-state index >= 15 is 0 Å². The fraction of sp³-hybridized carbons (Fsp3) is 0.609. The molecule has 1 aromatic rings. The molecule has 30 heavy (non-hydrogen) atoms. The minimum absolute atomic E-state index is 0.0120. The van der Waals surface area contributed by atoms with Gasteiger partial charge in [0.05, 0.1) is 18.2 Å². The SMILES string of the molecule is CCOc1ccccc1NC(=O)COC(=O)[C@@H]1CC(=O)N([C@@H]2CCC[C@H](C)[C@@H]2C)C1. The number of carbonyl (C=O) groups excluding carboxylic acids is 3. The van der Waals surface area contributed by atoms with E-state index in [1.165, 1.54) is 6.42 Å². The highest BCUT2D eigenvalue weighted by atomic mass is 16.5. The summed E-state index contributed by atoms with van der Waals surface area (Å²) in [4.78, 5) is 39.1. The summed E-state index contributed by atoms with van der Waals surface area (Å²) in [6.45, 7) is 6.76. The van der Waals surface area contributed by atoms with Crippen molar-refractivity contribution in [1.29, 1.82) is 0 Å². The first kappa shape index (κ1) is 22.1. The van der Waals surface area contributed by atoms with Crippen LogP contribution in [-0.4, -0.2) is 48.5 Å². The zero-order valence-electron chi connectivity index (χ0n) is 18.1. The number of esters is 1. The first-order valence-electron chi connectivity index (χ1n) is 10.9. The van der Waals surface area contributed by atoms with Gasteiger partial charge in [-0.25, -0.2) is 0 Å². The van der Waals surface area contributed by atoms with Crippen LogP contribution in [-0.2, 0) is 19.1 Å². The van der Waals surface area contributed by atoms with Crippen molar-refractivity contribution < 1.29 is 23.9 Å². The number of hydrogen-bond donors (Lipinski definition) is 1. The molecule has 0 radical (unpaired) electrons. The lowest BCUT2D eigenvalue weighted by atomic mass is 9.77. The predicted octanol–water partition coefficient (Wildman–Crippen LogP) is 3.24. The Hall–Kier alpha value is -2.57. The van der Waals surface area contributed by atoms with Gasteiger partial charge in [-0.05, 0) is 37.3 Å². The van der Waals surface area contributed by atoms with Gasteiger partial charge in [0.1, 0.15) is 5.75 Å². The number of nitrogens with one attached hydrogen (secondary N) is 1. The fourth-order valence-corrected chi connectivity index (χ4v) is 4.50. The van der Waals surface area contributed by atoms with E-state index in [1.807, 2.05) is 17.9 Å². The lowest BCUT2D eigenvalue weighted by Crippen LogP contribution is -2.45. The summed E-state index contributed by atoms with van der Waals surface area (Å²) in [5, 5.41) is 2.70. The number of carbonyl (C=O) groups is 3. The molecule has 7 nitrogen and oxygen atoms in total. The van der Waals surface area contributed by atoms with Crippen LogP contribution in [0.1, 0.15) is 46.5 Å². The van der Waals surface area contributed by atoms with E-state index in [0.29, 0.717) is 36.4 Å². The first-order valence-corrected chi connectivity index (χ1v) is 10.9. The molecule has 2 amide bonds. The highest BCUT2D eigenvalue weighted by molar-refractivity contribution is 5.94. The summed E-state index contributed by atoms with van der Waals surface area (Å²) in [7, 11) is 0. The van der Waals surface area contributed by atoms with E-state index in [0.717, 1.165) is 12.8 Å². The first-order chi connectivity index (χ1) is 14.4. The second-order valence-electron chi connectivity index (χ2n) is 8.37. The third kappa shape index (κ3) is 5.12. The van der Waals surface area contributed by atoms with Crippen LogP contribution in [0.2, 0.25) is 0 Å². The maximum atomic E-state index is 12.5. The molecule has 1 aliphatic heterocycles. The van der Waals surface area contributed by atoms with Crippen LogP contribution in [0.3, 0.4) is 0 Å². The van der Waals surface area contributed by atoms with Crippen LogP contribution < -0.4 is 10.1 Å². The minimum Gasteiger partial charge on any atom is -0.492 e. The molecule has 1 N–H and O–H groups in total. The highest BCUT2D eigenvalue weighted by Crippen LogP contribution is 2.36. The van der Waals surface area contributed by atoms with Crippen LogP contribution in [0.15, 0.2) is 24.3 Å².